The summed E-state index contributed by atoms with van der Waals surface area (Å²) < 4.78 is 30.9. The fourth-order valence-corrected chi connectivity index (χ4v) is 3.96. The minimum atomic E-state index is -3.00. The number of nitrogens with zero attached hydrogens (tertiary/aromatic N) is 6. The average molecular weight is 466 g/mol. The minimum absolute atomic E-state index is 0.237. The molecule has 0 saturated heterocycles. The minimum Gasteiger partial charge on any atom is -0.240 e. The number of benzene rings is 2. The zero-order valence-corrected chi connectivity index (χ0v) is 19.5. The van der Waals surface area contributed by atoms with Crippen LogP contribution in [-0.2, 0) is 25.3 Å². The first-order valence-corrected chi connectivity index (χ1v) is 11.7. The SMILES string of the molecule is CCCCc1nc(C(F)(F)CCC)n(Cc2ccc(Cc3ccccc3-c3nn[nH]n3)cc2)n1. The van der Waals surface area contributed by atoms with Crippen LogP contribution in [-0.4, -0.2) is 35.4 Å². The van der Waals surface area contributed by atoms with Gasteiger partial charge >= 0.3 is 5.92 Å². The van der Waals surface area contributed by atoms with Crippen LogP contribution in [0.1, 0.15) is 67.9 Å². The molecule has 0 unspecified atom stereocenters. The molecule has 9 heteroatoms. The molecule has 7 nitrogen and oxygen atoms in total. The average Bonchev–Trinajstić information content (AvgIpc) is 3.50. The topological polar surface area (TPSA) is 85.2 Å². The quantitative estimate of drug-likeness (QED) is 0.324. The number of rotatable bonds is 11. The molecule has 0 fully saturated rings. The molecule has 4 rings (SSSR count). The first kappa shape index (κ1) is 23.7. The van der Waals surface area contributed by atoms with E-state index in [1.54, 1.807) is 6.92 Å². The second-order valence-electron chi connectivity index (χ2n) is 8.45. The van der Waals surface area contributed by atoms with Crippen molar-refractivity contribution in [2.75, 3.05) is 0 Å². The van der Waals surface area contributed by atoms with Crippen LogP contribution in [0.3, 0.4) is 0 Å². The number of unbranched alkanes of at least 4 members (excludes halogenated alkanes) is 1. The van der Waals surface area contributed by atoms with Crippen molar-refractivity contribution in [3.63, 3.8) is 0 Å². The molecule has 0 aliphatic rings. The molecule has 0 aliphatic heterocycles. The van der Waals surface area contributed by atoms with Crippen molar-refractivity contribution in [2.45, 2.75) is 64.8 Å². The molecule has 0 amide bonds. The summed E-state index contributed by atoms with van der Waals surface area (Å²) in [4.78, 5) is 4.22. The van der Waals surface area contributed by atoms with Gasteiger partial charge in [-0.3, -0.25) is 0 Å². The number of hydrogen-bond acceptors (Lipinski definition) is 5. The Labute approximate surface area is 197 Å². The molecule has 1 N–H and O–H groups in total. The van der Waals surface area contributed by atoms with E-state index >= 15 is 0 Å². The van der Waals surface area contributed by atoms with Gasteiger partial charge in [0.25, 0.3) is 0 Å². The second-order valence-corrected chi connectivity index (χ2v) is 8.45. The van der Waals surface area contributed by atoms with E-state index in [0.717, 1.165) is 35.1 Å². The molecule has 0 aliphatic carbocycles. The van der Waals surface area contributed by atoms with E-state index in [4.69, 9.17) is 0 Å². The van der Waals surface area contributed by atoms with Crippen molar-refractivity contribution in [1.29, 1.82) is 0 Å². The van der Waals surface area contributed by atoms with Gasteiger partial charge in [0, 0.05) is 18.4 Å². The number of H-pyrrole nitrogens is 1. The van der Waals surface area contributed by atoms with Crippen molar-refractivity contribution in [3.8, 4) is 11.4 Å². The molecular formula is C25H29F2N7. The Morgan fingerprint density at radius 1 is 0.971 bits per heavy atom. The van der Waals surface area contributed by atoms with Crippen LogP contribution in [0.4, 0.5) is 8.78 Å². The van der Waals surface area contributed by atoms with Gasteiger partial charge in [0.2, 0.25) is 5.82 Å². The lowest BCUT2D eigenvalue weighted by Gasteiger charge is -2.15. The number of aromatic amines is 1. The van der Waals surface area contributed by atoms with Gasteiger partial charge in [-0.1, -0.05) is 68.8 Å². The third kappa shape index (κ3) is 5.52. The Balaban J connectivity index is 1.53. The highest BCUT2D eigenvalue weighted by Gasteiger charge is 2.37. The van der Waals surface area contributed by atoms with E-state index in [0.29, 0.717) is 30.9 Å². The van der Waals surface area contributed by atoms with Gasteiger partial charge in [0.15, 0.2) is 11.6 Å². The van der Waals surface area contributed by atoms with Gasteiger partial charge in [-0.05, 0) is 41.2 Å². The van der Waals surface area contributed by atoms with Crippen molar-refractivity contribution in [3.05, 3.63) is 76.9 Å². The van der Waals surface area contributed by atoms with Crippen LogP contribution in [0.15, 0.2) is 48.5 Å². The Bertz CT molecular complexity index is 1180. The number of alkyl halides is 2. The number of aromatic nitrogens is 7. The highest BCUT2D eigenvalue weighted by atomic mass is 19.3. The molecule has 178 valence electrons. The van der Waals surface area contributed by atoms with E-state index in [1.165, 1.54) is 4.68 Å². The lowest BCUT2D eigenvalue weighted by atomic mass is 9.98. The fourth-order valence-electron chi connectivity index (χ4n) is 3.96. The molecule has 34 heavy (non-hydrogen) atoms. The monoisotopic (exact) mass is 465 g/mol. The molecule has 0 atom stereocenters. The maximum Gasteiger partial charge on any atom is 0.306 e. The van der Waals surface area contributed by atoms with Crippen LogP contribution in [0, 0.1) is 0 Å². The Morgan fingerprint density at radius 3 is 2.44 bits per heavy atom. The van der Waals surface area contributed by atoms with Crippen molar-refractivity contribution >= 4 is 0 Å². The Morgan fingerprint density at radius 2 is 1.74 bits per heavy atom. The van der Waals surface area contributed by atoms with Crippen LogP contribution < -0.4 is 0 Å². The summed E-state index contributed by atoms with van der Waals surface area (Å²) in [5, 5.41) is 18.7. The van der Waals surface area contributed by atoms with E-state index in [2.05, 4.69) is 37.6 Å². The fraction of sp³-hybridized carbons (Fsp3) is 0.400. The standard InChI is InChI=1S/C25H29F2N7/c1-3-5-10-22-28-24(25(26,27)15-4-2)34(31-22)17-19-13-11-18(12-14-19)16-20-8-6-7-9-21(20)23-29-32-33-30-23/h6-9,11-14H,3-5,10,15-17H2,1-2H3,(H,29,30,32,33). The van der Waals surface area contributed by atoms with Gasteiger partial charge in [0.1, 0.15) is 0 Å². The van der Waals surface area contributed by atoms with Crippen molar-refractivity contribution in [2.24, 2.45) is 0 Å². The summed E-state index contributed by atoms with van der Waals surface area (Å²) in [5.74, 6) is -2.19. The smallest absolute Gasteiger partial charge is 0.240 e. The maximum absolute atomic E-state index is 14.8. The molecule has 4 aromatic rings. The summed E-state index contributed by atoms with van der Waals surface area (Å²) in [6, 6.07) is 15.9. The lowest BCUT2D eigenvalue weighted by Crippen LogP contribution is -2.21. The van der Waals surface area contributed by atoms with Gasteiger partial charge in [-0.25, -0.2) is 9.67 Å². The summed E-state index contributed by atoms with van der Waals surface area (Å²) >= 11 is 0. The summed E-state index contributed by atoms with van der Waals surface area (Å²) in [6.45, 7) is 4.07. The van der Waals surface area contributed by atoms with E-state index in [1.807, 2.05) is 48.5 Å². The van der Waals surface area contributed by atoms with Crippen LogP contribution >= 0.6 is 0 Å². The van der Waals surface area contributed by atoms with Gasteiger partial charge < -0.3 is 0 Å². The lowest BCUT2D eigenvalue weighted by molar-refractivity contribution is -0.0270. The molecule has 0 spiro atoms. The third-order valence-electron chi connectivity index (χ3n) is 5.71. The largest absolute Gasteiger partial charge is 0.306 e. The molecule has 2 aromatic carbocycles. The number of nitrogens with one attached hydrogen (secondary N) is 1. The molecule has 0 radical (unpaired) electrons. The highest BCUT2D eigenvalue weighted by molar-refractivity contribution is 5.60. The van der Waals surface area contributed by atoms with Crippen molar-refractivity contribution in [1.82, 2.24) is 35.4 Å². The molecule has 2 heterocycles. The highest BCUT2D eigenvalue weighted by Crippen LogP contribution is 2.32. The zero-order chi connectivity index (χ0) is 24.0. The molecule has 0 saturated carbocycles. The first-order chi connectivity index (χ1) is 16.5. The molecular weight excluding hydrogens is 436 g/mol. The summed E-state index contributed by atoms with van der Waals surface area (Å²) in [7, 11) is 0. The van der Waals surface area contributed by atoms with Crippen LogP contribution in [0.5, 0.6) is 0 Å². The van der Waals surface area contributed by atoms with Gasteiger partial charge in [-0.2, -0.15) is 19.1 Å². The normalized spacial score (nSPS) is 11.8. The van der Waals surface area contributed by atoms with Crippen LogP contribution in [0.25, 0.3) is 11.4 Å². The Kier molecular flexibility index (Phi) is 7.40. The van der Waals surface area contributed by atoms with E-state index in [-0.39, 0.29) is 18.8 Å². The second kappa shape index (κ2) is 10.6. The predicted molar refractivity (Wildman–Crippen MR) is 125 cm³/mol. The summed E-state index contributed by atoms with van der Waals surface area (Å²) in [5.41, 5.74) is 3.99. The number of hydrogen-bond donors (Lipinski definition) is 1. The maximum atomic E-state index is 14.8. The number of tetrazole rings is 1. The molecule has 0 bridgehead atoms. The number of halogens is 2. The van der Waals surface area contributed by atoms with Crippen LogP contribution in [0.2, 0.25) is 0 Å². The summed E-state index contributed by atoms with van der Waals surface area (Å²) in [6.07, 6.45) is 3.28. The zero-order valence-electron chi connectivity index (χ0n) is 19.5. The number of aryl methyl sites for hydroxylation is 1. The van der Waals surface area contributed by atoms with E-state index < -0.39 is 5.92 Å². The van der Waals surface area contributed by atoms with Gasteiger partial charge in [-0.15, -0.1) is 10.2 Å². The third-order valence-corrected chi connectivity index (χ3v) is 5.71. The van der Waals surface area contributed by atoms with Crippen molar-refractivity contribution < 1.29 is 8.78 Å². The van der Waals surface area contributed by atoms with Gasteiger partial charge in [0.05, 0.1) is 6.54 Å². The first-order valence-electron chi connectivity index (χ1n) is 11.7. The predicted octanol–water partition coefficient (Wildman–Crippen LogP) is 5.33. The molecule has 2 aromatic heterocycles. The Hall–Kier alpha value is -3.49. The van der Waals surface area contributed by atoms with E-state index in [9.17, 15) is 8.78 Å².